The minimum atomic E-state index is 0.0531. The van der Waals surface area contributed by atoms with Crippen molar-refractivity contribution in [2.24, 2.45) is 0 Å². The molecule has 0 aliphatic carbocycles. The van der Waals surface area contributed by atoms with Crippen LogP contribution in [0.1, 0.15) is 32.2 Å². The van der Waals surface area contributed by atoms with Gasteiger partial charge in [0.15, 0.2) is 5.82 Å². The van der Waals surface area contributed by atoms with Gasteiger partial charge in [-0.2, -0.15) is 0 Å². The molecule has 1 aliphatic rings. The monoisotopic (exact) mass is 227 g/mol. The molecule has 88 valence electrons. The van der Waals surface area contributed by atoms with Gasteiger partial charge in [-0.1, -0.05) is 45.0 Å². The molecule has 3 rings (SSSR count). The van der Waals surface area contributed by atoms with Crippen molar-refractivity contribution in [2.45, 2.75) is 39.2 Å². The maximum absolute atomic E-state index is 4.38. The Morgan fingerprint density at radius 1 is 1.12 bits per heavy atom. The van der Waals surface area contributed by atoms with Crippen LogP contribution in [0.25, 0.3) is 11.4 Å². The lowest BCUT2D eigenvalue weighted by Gasteiger charge is -2.23. The summed E-state index contributed by atoms with van der Waals surface area (Å²) in [6, 6.07) is 8.49. The van der Waals surface area contributed by atoms with E-state index in [1.807, 2.05) is 0 Å². The third kappa shape index (κ3) is 1.57. The highest BCUT2D eigenvalue weighted by Crippen LogP contribution is 2.31. The largest absolute Gasteiger partial charge is 0.310 e. The van der Waals surface area contributed by atoms with Crippen molar-refractivity contribution < 1.29 is 0 Å². The third-order valence-electron chi connectivity index (χ3n) is 3.28. The van der Waals surface area contributed by atoms with Gasteiger partial charge in [0.05, 0.1) is 0 Å². The smallest absolute Gasteiger partial charge is 0.164 e. The number of benzene rings is 1. The number of hydrogen-bond acceptors (Lipinski definition) is 2. The Kier molecular flexibility index (Phi) is 2.12. The SMILES string of the molecule is CC(C)(C)c1nnc2n1CCc1ccccc1-2. The first-order valence-electron chi connectivity index (χ1n) is 6.09. The minimum Gasteiger partial charge on any atom is -0.310 e. The first-order chi connectivity index (χ1) is 8.07. The number of fused-ring (bicyclic) bond motifs is 3. The van der Waals surface area contributed by atoms with Crippen LogP contribution < -0.4 is 0 Å². The van der Waals surface area contributed by atoms with Gasteiger partial charge in [-0.3, -0.25) is 0 Å². The van der Waals surface area contributed by atoms with E-state index in [-0.39, 0.29) is 5.41 Å². The van der Waals surface area contributed by atoms with Gasteiger partial charge in [0.2, 0.25) is 0 Å². The lowest BCUT2D eigenvalue weighted by Crippen LogP contribution is -2.22. The van der Waals surface area contributed by atoms with E-state index in [0.717, 1.165) is 24.6 Å². The van der Waals surface area contributed by atoms with E-state index >= 15 is 0 Å². The van der Waals surface area contributed by atoms with Gasteiger partial charge >= 0.3 is 0 Å². The van der Waals surface area contributed by atoms with Crippen molar-refractivity contribution in [1.29, 1.82) is 0 Å². The van der Waals surface area contributed by atoms with Gasteiger partial charge in [0.1, 0.15) is 5.82 Å². The van der Waals surface area contributed by atoms with Crippen LogP contribution in [0.15, 0.2) is 24.3 Å². The van der Waals surface area contributed by atoms with E-state index in [0.29, 0.717) is 0 Å². The lowest BCUT2D eigenvalue weighted by molar-refractivity contribution is 0.495. The maximum Gasteiger partial charge on any atom is 0.164 e. The zero-order valence-corrected chi connectivity index (χ0v) is 10.6. The zero-order valence-electron chi connectivity index (χ0n) is 10.6. The highest BCUT2D eigenvalue weighted by molar-refractivity contribution is 5.62. The van der Waals surface area contributed by atoms with Crippen LogP contribution in [-0.2, 0) is 18.4 Å². The molecule has 0 unspecified atom stereocenters. The summed E-state index contributed by atoms with van der Waals surface area (Å²) in [5.41, 5.74) is 2.67. The molecule has 1 aromatic carbocycles. The van der Waals surface area contributed by atoms with Crippen LogP contribution in [0.5, 0.6) is 0 Å². The van der Waals surface area contributed by atoms with Crippen molar-refractivity contribution in [1.82, 2.24) is 14.8 Å². The van der Waals surface area contributed by atoms with Crippen LogP contribution in [0.4, 0.5) is 0 Å². The molecular weight excluding hydrogens is 210 g/mol. The average molecular weight is 227 g/mol. The van der Waals surface area contributed by atoms with Crippen LogP contribution in [0.3, 0.4) is 0 Å². The molecule has 0 N–H and O–H groups in total. The fourth-order valence-electron chi connectivity index (χ4n) is 2.46. The van der Waals surface area contributed by atoms with E-state index in [1.54, 1.807) is 0 Å². The van der Waals surface area contributed by atoms with E-state index < -0.39 is 0 Å². The number of hydrogen-bond donors (Lipinski definition) is 0. The number of nitrogens with zero attached hydrogens (tertiary/aromatic N) is 3. The van der Waals surface area contributed by atoms with Gasteiger partial charge in [0, 0.05) is 17.5 Å². The molecule has 3 heteroatoms. The summed E-state index contributed by atoms with van der Waals surface area (Å²) in [4.78, 5) is 0. The number of aromatic nitrogens is 3. The molecule has 0 atom stereocenters. The topological polar surface area (TPSA) is 30.7 Å². The maximum atomic E-state index is 4.38. The quantitative estimate of drug-likeness (QED) is 0.693. The van der Waals surface area contributed by atoms with Gasteiger partial charge in [0.25, 0.3) is 0 Å². The van der Waals surface area contributed by atoms with Crippen molar-refractivity contribution in [3.8, 4) is 11.4 Å². The molecule has 0 amide bonds. The van der Waals surface area contributed by atoms with E-state index in [9.17, 15) is 0 Å². The summed E-state index contributed by atoms with van der Waals surface area (Å²) in [5.74, 6) is 2.11. The van der Waals surface area contributed by atoms with E-state index in [2.05, 4.69) is 59.8 Å². The number of rotatable bonds is 0. The van der Waals surface area contributed by atoms with Gasteiger partial charge < -0.3 is 4.57 Å². The predicted molar refractivity (Wildman–Crippen MR) is 67.9 cm³/mol. The summed E-state index contributed by atoms with van der Waals surface area (Å²) in [6.45, 7) is 7.55. The second kappa shape index (κ2) is 3.42. The Hall–Kier alpha value is -1.64. The first kappa shape index (κ1) is 10.5. The summed E-state index contributed by atoms with van der Waals surface area (Å²) >= 11 is 0. The molecule has 0 saturated carbocycles. The Morgan fingerprint density at radius 3 is 2.65 bits per heavy atom. The first-order valence-corrected chi connectivity index (χ1v) is 6.09. The molecular formula is C14H17N3. The van der Waals surface area contributed by atoms with Gasteiger partial charge in [-0.05, 0) is 12.0 Å². The molecule has 1 aliphatic heterocycles. The summed E-state index contributed by atoms with van der Waals surface area (Å²) < 4.78 is 2.27. The highest BCUT2D eigenvalue weighted by atomic mass is 15.3. The normalized spacial score (nSPS) is 14.3. The standard InChI is InChI=1S/C14H17N3/c1-14(2,3)13-16-15-12-11-7-5-4-6-10(11)8-9-17(12)13/h4-7H,8-9H2,1-3H3. The van der Waals surface area contributed by atoms with E-state index in [1.165, 1.54) is 11.1 Å². The van der Waals surface area contributed by atoms with Crippen LogP contribution in [-0.4, -0.2) is 14.8 Å². The Balaban J connectivity index is 2.20. The van der Waals surface area contributed by atoms with Crippen molar-refractivity contribution in [3.05, 3.63) is 35.7 Å². The van der Waals surface area contributed by atoms with Crippen LogP contribution in [0.2, 0.25) is 0 Å². The molecule has 1 aromatic heterocycles. The van der Waals surface area contributed by atoms with Gasteiger partial charge in [-0.25, -0.2) is 0 Å². The predicted octanol–water partition coefficient (Wildman–Crippen LogP) is 2.80. The molecule has 3 nitrogen and oxygen atoms in total. The van der Waals surface area contributed by atoms with Crippen LogP contribution in [0, 0.1) is 0 Å². The fourth-order valence-corrected chi connectivity index (χ4v) is 2.46. The van der Waals surface area contributed by atoms with Crippen LogP contribution >= 0.6 is 0 Å². The average Bonchev–Trinajstić information content (AvgIpc) is 2.72. The van der Waals surface area contributed by atoms with Crippen molar-refractivity contribution in [3.63, 3.8) is 0 Å². The van der Waals surface area contributed by atoms with Crippen molar-refractivity contribution in [2.75, 3.05) is 0 Å². The Bertz CT molecular complexity index is 561. The molecule has 0 spiro atoms. The minimum absolute atomic E-state index is 0.0531. The highest BCUT2D eigenvalue weighted by Gasteiger charge is 2.27. The molecule has 0 bridgehead atoms. The second-order valence-corrected chi connectivity index (χ2v) is 5.66. The fraction of sp³-hybridized carbons (Fsp3) is 0.429. The lowest BCUT2D eigenvalue weighted by atomic mass is 9.94. The molecule has 17 heavy (non-hydrogen) atoms. The second-order valence-electron chi connectivity index (χ2n) is 5.66. The van der Waals surface area contributed by atoms with E-state index in [4.69, 9.17) is 0 Å². The summed E-state index contributed by atoms with van der Waals surface area (Å²) in [7, 11) is 0. The molecule has 0 fully saturated rings. The number of aryl methyl sites for hydroxylation is 1. The molecule has 0 saturated heterocycles. The summed E-state index contributed by atoms with van der Waals surface area (Å²) in [5, 5.41) is 8.76. The third-order valence-corrected chi connectivity index (χ3v) is 3.28. The van der Waals surface area contributed by atoms with Gasteiger partial charge in [-0.15, -0.1) is 10.2 Å². The molecule has 2 aromatic rings. The molecule has 2 heterocycles. The summed E-state index contributed by atoms with van der Waals surface area (Å²) in [6.07, 6.45) is 1.07. The van der Waals surface area contributed by atoms with Crippen molar-refractivity contribution >= 4 is 0 Å². The Morgan fingerprint density at radius 2 is 1.88 bits per heavy atom. The zero-order chi connectivity index (χ0) is 12.0. The molecule has 0 radical (unpaired) electrons. The Labute approximate surface area is 101 Å².